The van der Waals surface area contributed by atoms with Crippen molar-refractivity contribution in [1.82, 2.24) is 0 Å². The Bertz CT molecular complexity index is 312. The third kappa shape index (κ3) is 7.67. The third-order valence-electron chi connectivity index (χ3n) is 5.15. The summed E-state index contributed by atoms with van der Waals surface area (Å²) in [5.74, 6) is -0.415. The van der Waals surface area contributed by atoms with E-state index in [0.717, 1.165) is 25.7 Å². The molecule has 0 fully saturated rings. The maximum absolute atomic E-state index is 12.6. The van der Waals surface area contributed by atoms with Gasteiger partial charge < -0.3 is 9.47 Å². The average Bonchev–Trinajstić information content (AvgIpc) is 2.58. The predicted molar refractivity (Wildman–Crippen MR) is 97.6 cm³/mol. The molecule has 0 saturated heterocycles. The summed E-state index contributed by atoms with van der Waals surface area (Å²) < 4.78 is 10.6. The summed E-state index contributed by atoms with van der Waals surface area (Å²) in [4.78, 5) is 25.2. The van der Waals surface area contributed by atoms with E-state index in [1.807, 2.05) is 13.8 Å². The van der Waals surface area contributed by atoms with Crippen LogP contribution in [0, 0.1) is 23.7 Å². The van der Waals surface area contributed by atoms with Crippen LogP contribution in [0.4, 0.5) is 0 Å². The van der Waals surface area contributed by atoms with Gasteiger partial charge in [0.15, 0.2) is 0 Å². The molecule has 0 heterocycles. The average molecular weight is 343 g/mol. The number of carbonyl (C=O) groups excluding carboxylic acids is 2. The molecular weight excluding hydrogens is 304 g/mol. The van der Waals surface area contributed by atoms with E-state index < -0.39 is 11.8 Å². The molecule has 2 atom stereocenters. The molecular formula is C20H38O4. The van der Waals surface area contributed by atoms with Crippen molar-refractivity contribution >= 4 is 11.9 Å². The van der Waals surface area contributed by atoms with Crippen LogP contribution in [0.15, 0.2) is 0 Å². The third-order valence-corrected chi connectivity index (χ3v) is 5.15. The van der Waals surface area contributed by atoms with Crippen LogP contribution < -0.4 is 0 Å². The van der Waals surface area contributed by atoms with Gasteiger partial charge in [0, 0.05) is 0 Å². The van der Waals surface area contributed by atoms with Gasteiger partial charge in [-0.1, -0.05) is 53.4 Å². The number of ether oxygens (including phenoxy) is 2. The first-order valence-electron chi connectivity index (χ1n) is 9.81. The molecule has 0 spiro atoms. The summed E-state index contributed by atoms with van der Waals surface area (Å²) in [6, 6.07) is 0. The van der Waals surface area contributed by atoms with E-state index in [9.17, 15) is 9.59 Å². The number of esters is 2. The number of carbonyl (C=O) groups is 2. The molecule has 24 heavy (non-hydrogen) atoms. The molecule has 0 aliphatic rings. The van der Waals surface area contributed by atoms with Gasteiger partial charge in [0.05, 0.1) is 25.0 Å². The standard InChI is InChI=1S/C20H38O4/c1-7-15(8-2)13-17(19(21)23-11-5)18(20(22)24-12-6)14-16(9-3)10-4/h15-18H,7-14H2,1-6H3. The lowest BCUT2D eigenvalue weighted by molar-refractivity contribution is -0.162. The molecule has 0 aliphatic heterocycles. The molecule has 0 aliphatic carbocycles. The minimum Gasteiger partial charge on any atom is -0.466 e. The Morgan fingerprint density at radius 3 is 1.12 bits per heavy atom. The van der Waals surface area contributed by atoms with Crippen molar-refractivity contribution in [2.45, 2.75) is 80.1 Å². The van der Waals surface area contributed by atoms with Crippen LogP contribution in [0.1, 0.15) is 80.1 Å². The van der Waals surface area contributed by atoms with E-state index in [1.165, 1.54) is 0 Å². The summed E-state index contributed by atoms with van der Waals surface area (Å²) in [7, 11) is 0. The highest BCUT2D eigenvalue weighted by molar-refractivity contribution is 5.82. The minimum absolute atomic E-state index is 0.242. The highest BCUT2D eigenvalue weighted by Gasteiger charge is 2.37. The second-order valence-corrected chi connectivity index (χ2v) is 6.55. The van der Waals surface area contributed by atoms with Crippen LogP contribution in [0.3, 0.4) is 0 Å². The molecule has 0 aromatic carbocycles. The summed E-state index contributed by atoms with van der Waals surface area (Å²) in [5, 5.41) is 0. The normalized spacial score (nSPS) is 13.8. The second kappa shape index (κ2) is 13.3. The second-order valence-electron chi connectivity index (χ2n) is 6.55. The quantitative estimate of drug-likeness (QED) is 0.442. The fraction of sp³-hybridized carbons (Fsp3) is 0.900. The van der Waals surface area contributed by atoms with Crippen molar-refractivity contribution in [2.24, 2.45) is 23.7 Å². The molecule has 0 aromatic heterocycles. The van der Waals surface area contributed by atoms with Crippen molar-refractivity contribution in [1.29, 1.82) is 0 Å². The summed E-state index contributed by atoms with van der Waals surface area (Å²) >= 11 is 0. The fourth-order valence-corrected chi connectivity index (χ4v) is 3.31. The van der Waals surface area contributed by atoms with Crippen molar-refractivity contribution in [3.63, 3.8) is 0 Å². The SMILES string of the molecule is CCOC(=O)C(CC(CC)CC)C(CC(CC)CC)C(=O)OCC. The minimum atomic E-state index is -0.394. The van der Waals surface area contributed by atoms with Gasteiger partial charge in [-0.05, 0) is 38.5 Å². The lowest BCUT2D eigenvalue weighted by atomic mass is 9.77. The first-order chi connectivity index (χ1) is 11.5. The zero-order chi connectivity index (χ0) is 18.5. The van der Waals surface area contributed by atoms with Gasteiger partial charge in [-0.3, -0.25) is 9.59 Å². The highest BCUT2D eigenvalue weighted by atomic mass is 16.5. The van der Waals surface area contributed by atoms with E-state index in [-0.39, 0.29) is 11.9 Å². The highest BCUT2D eigenvalue weighted by Crippen LogP contribution is 2.33. The molecule has 4 heteroatoms. The number of hydrogen-bond donors (Lipinski definition) is 0. The van der Waals surface area contributed by atoms with Crippen LogP contribution in [-0.4, -0.2) is 25.2 Å². The molecule has 0 N–H and O–H groups in total. The van der Waals surface area contributed by atoms with Gasteiger partial charge in [0.25, 0.3) is 0 Å². The van der Waals surface area contributed by atoms with Crippen molar-refractivity contribution in [3.8, 4) is 0 Å². The van der Waals surface area contributed by atoms with Gasteiger partial charge in [-0.25, -0.2) is 0 Å². The van der Waals surface area contributed by atoms with E-state index in [1.54, 1.807) is 0 Å². The number of hydrogen-bond acceptors (Lipinski definition) is 4. The van der Waals surface area contributed by atoms with Crippen LogP contribution in [0.25, 0.3) is 0 Å². The Morgan fingerprint density at radius 2 is 0.917 bits per heavy atom. The molecule has 0 aromatic rings. The molecule has 0 amide bonds. The smallest absolute Gasteiger partial charge is 0.309 e. The van der Waals surface area contributed by atoms with Crippen LogP contribution in [0.2, 0.25) is 0 Å². The summed E-state index contributed by atoms with van der Waals surface area (Å²) in [6.07, 6.45) is 5.44. The number of rotatable bonds is 13. The van der Waals surface area contributed by atoms with Crippen molar-refractivity contribution < 1.29 is 19.1 Å². The Hall–Kier alpha value is -1.06. The van der Waals surface area contributed by atoms with E-state index in [2.05, 4.69) is 27.7 Å². The van der Waals surface area contributed by atoms with Gasteiger partial charge >= 0.3 is 11.9 Å². The molecule has 0 radical (unpaired) electrons. The molecule has 0 bridgehead atoms. The lowest BCUT2D eigenvalue weighted by Gasteiger charge is -2.29. The Morgan fingerprint density at radius 1 is 0.625 bits per heavy atom. The van der Waals surface area contributed by atoms with Gasteiger partial charge in [0.1, 0.15) is 0 Å². The summed E-state index contributed by atoms with van der Waals surface area (Å²) in [5.41, 5.74) is 0. The Labute approximate surface area is 148 Å². The van der Waals surface area contributed by atoms with Crippen LogP contribution >= 0.6 is 0 Å². The maximum atomic E-state index is 12.6. The topological polar surface area (TPSA) is 52.6 Å². The fourth-order valence-electron chi connectivity index (χ4n) is 3.31. The Balaban J connectivity index is 5.48. The maximum Gasteiger partial charge on any atom is 0.309 e. The molecule has 2 unspecified atom stereocenters. The van der Waals surface area contributed by atoms with E-state index >= 15 is 0 Å². The van der Waals surface area contributed by atoms with Crippen molar-refractivity contribution in [3.05, 3.63) is 0 Å². The van der Waals surface area contributed by atoms with Crippen LogP contribution in [-0.2, 0) is 19.1 Å². The van der Waals surface area contributed by atoms with E-state index in [4.69, 9.17) is 9.47 Å². The van der Waals surface area contributed by atoms with E-state index in [0.29, 0.717) is 37.9 Å². The largest absolute Gasteiger partial charge is 0.466 e. The lowest BCUT2D eigenvalue weighted by Crippen LogP contribution is -2.35. The first-order valence-corrected chi connectivity index (χ1v) is 9.81. The Kier molecular flexibility index (Phi) is 12.7. The van der Waals surface area contributed by atoms with Gasteiger partial charge in [-0.15, -0.1) is 0 Å². The predicted octanol–water partition coefficient (Wildman–Crippen LogP) is 5.00. The molecule has 142 valence electrons. The monoisotopic (exact) mass is 342 g/mol. The van der Waals surface area contributed by atoms with Crippen LogP contribution in [0.5, 0.6) is 0 Å². The molecule has 4 nitrogen and oxygen atoms in total. The summed E-state index contributed by atoms with van der Waals surface area (Å²) in [6.45, 7) is 12.9. The zero-order valence-corrected chi connectivity index (χ0v) is 16.6. The zero-order valence-electron chi connectivity index (χ0n) is 16.6. The van der Waals surface area contributed by atoms with Gasteiger partial charge in [-0.2, -0.15) is 0 Å². The first kappa shape index (κ1) is 22.9. The van der Waals surface area contributed by atoms with Crippen molar-refractivity contribution in [2.75, 3.05) is 13.2 Å². The van der Waals surface area contributed by atoms with Gasteiger partial charge in [0.2, 0.25) is 0 Å². The molecule has 0 rings (SSSR count). The molecule has 0 saturated carbocycles.